The predicted octanol–water partition coefficient (Wildman–Crippen LogP) is 3.18. The van der Waals surface area contributed by atoms with Crippen molar-refractivity contribution in [3.05, 3.63) is 29.6 Å². The van der Waals surface area contributed by atoms with Crippen LogP contribution in [0.1, 0.15) is 19.4 Å². The second kappa shape index (κ2) is 6.64. The SMILES string of the molecule is COc1cccc(CSC(C(=O)O)C(C)C)c1F. The van der Waals surface area contributed by atoms with Crippen molar-refractivity contribution >= 4 is 17.7 Å². The summed E-state index contributed by atoms with van der Waals surface area (Å²) in [5, 5.41) is 8.52. The highest BCUT2D eigenvalue weighted by molar-refractivity contribution is 7.99. The Hall–Kier alpha value is -1.23. The van der Waals surface area contributed by atoms with Crippen molar-refractivity contribution < 1.29 is 19.0 Å². The number of carboxylic acids is 1. The fraction of sp³-hybridized carbons (Fsp3) is 0.462. The Morgan fingerprint density at radius 3 is 2.67 bits per heavy atom. The molecule has 100 valence electrons. The monoisotopic (exact) mass is 272 g/mol. The molecule has 1 rings (SSSR count). The summed E-state index contributed by atoms with van der Waals surface area (Å²) in [6.07, 6.45) is 0. The van der Waals surface area contributed by atoms with Crippen molar-refractivity contribution in [1.29, 1.82) is 0 Å². The van der Waals surface area contributed by atoms with Gasteiger partial charge in [0.15, 0.2) is 11.6 Å². The summed E-state index contributed by atoms with van der Waals surface area (Å²) in [5.41, 5.74) is 0.464. The van der Waals surface area contributed by atoms with Crippen LogP contribution in [0.2, 0.25) is 0 Å². The van der Waals surface area contributed by atoms with Crippen molar-refractivity contribution in [1.82, 2.24) is 0 Å². The van der Waals surface area contributed by atoms with E-state index in [2.05, 4.69) is 0 Å². The fourth-order valence-electron chi connectivity index (χ4n) is 1.55. The third-order valence-electron chi connectivity index (χ3n) is 2.53. The molecule has 0 fully saturated rings. The standard InChI is InChI=1S/C13H17FO3S/c1-8(2)12(13(15)16)18-7-9-5-4-6-10(17-3)11(9)14/h4-6,8,12H,7H2,1-3H3,(H,15,16). The van der Waals surface area contributed by atoms with Gasteiger partial charge in [0.2, 0.25) is 0 Å². The summed E-state index contributed by atoms with van der Waals surface area (Å²) in [5.74, 6) is -0.776. The lowest BCUT2D eigenvalue weighted by molar-refractivity contribution is -0.137. The van der Waals surface area contributed by atoms with E-state index in [4.69, 9.17) is 9.84 Å². The molecule has 0 amide bonds. The summed E-state index contributed by atoms with van der Waals surface area (Å²) in [6.45, 7) is 3.68. The highest BCUT2D eigenvalue weighted by Gasteiger charge is 2.22. The van der Waals surface area contributed by atoms with Crippen LogP contribution in [0.5, 0.6) is 5.75 Å². The van der Waals surface area contributed by atoms with Gasteiger partial charge in [-0.05, 0) is 12.0 Å². The largest absolute Gasteiger partial charge is 0.494 e. The third kappa shape index (κ3) is 3.63. The number of benzene rings is 1. The van der Waals surface area contributed by atoms with Crippen LogP contribution in [0.15, 0.2) is 18.2 Å². The van der Waals surface area contributed by atoms with Gasteiger partial charge in [-0.2, -0.15) is 0 Å². The number of rotatable bonds is 6. The summed E-state index contributed by atoms with van der Waals surface area (Å²) in [6, 6.07) is 4.88. The number of hydrogen-bond donors (Lipinski definition) is 1. The molecule has 3 nitrogen and oxygen atoms in total. The maximum atomic E-state index is 13.8. The van der Waals surface area contributed by atoms with Crippen LogP contribution in [0.3, 0.4) is 0 Å². The first kappa shape index (κ1) is 14.8. The molecule has 1 unspecified atom stereocenters. The van der Waals surface area contributed by atoms with E-state index in [1.807, 2.05) is 13.8 Å². The lowest BCUT2D eigenvalue weighted by atomic mass is 10.1. The van der Waals surface area contributed by atoms with Crippen LogP contribution in [0, 0.1) is 11.7 Å². The zero-order valence-electron chi connectivity index (χ0n) is 10.6. The van der Waals surface area contributed by atoms with Crippen LogP contribution in [-0.2, 0) is 10.5 Å². The number of carboxylic acid groups (broad SMARTS) is 1. The van der Waals surface area contributed by atoms with E-state index in [0.29, 0.717) is 11.3 Å². The lowest BCUT2D eigenvalue weighted by Crippen LogP contribution is -2.22. The molecule has 0 aromatic heterocycles. The molecule has 0 saturated heterocycles. The molecular formula is C13H17FO3S. The van der Waals surface area contributed by atoms with E-state index >= 15 is 0 Å². The quantitative estimate of drug-likeness (QED) is 0.864. The maximum Gasteiger partial charge on any atom is 0.316 e. The summed E-state index contributed by atoms with van der Waals surface area (Å²) < 4.78 is 18.7. The van der Waals surface area contributed by atoms with E-state index in [1.165, 1.54) is 18.9 Å². The van der Waals surface area contributed by atoms with Gasteiger partial charge in [0.25, 0.3) is 0 Å². The Labute approximate surface area is 110 Å². The molecule has 0 aliphatic heterocycles. The minimum absolute atomic E-state index is 0.00108. The molecular weight excluding hydrogens is 255 g/mol. The van der Waals surface area contributed by atoms with Gasteiger partial charge in [-0.15, -0.1) is 11.8 Å². The molecule has 1 atom stereocenters. The summed E-state index contributed by atoms with van der Waals surface area (Å²) >= 11 is 1.23. The first-order chi connectivity index (χ1) is 8.47. The molecule has 1 N–H and O–H groups in total. The number of ether oxygens (including phenoxy) is 1. The Morgan fingerprint density at radius 2 is 2.17 bits per heavy atom. The van der Waals surface area contributed by atoms with Gasteiger partial charge < -0.3 is 9.84 Å². The van der Waals surface area contributed by atoms with Gasteiger partial charge in [0, 0.05) is 11.3 Å². The Kier molecular flexibility index (Phi) is 5.47. The molecule has 0 radical (unpaired) electrons. The smallest absolute Gasteiger partial charge is 0.316 e. The van der Waals surface area contributed by atoms with Crippen LogP contribution < -0.4 is 4.74 Å². The molecule has 0 aliphatic rings. The molecule has 18 heavy (non-hydrogen) atoms. The van der Waals surface area contributed by atoms with E-state index < -0.39 is 17.0 Å². The third-order valence-corrected chi connectivity index (χ3v) is 4.11. The lowest BCUT2D eigenvalue weighted by Gasteiger charge is -2.16. The zero-order chi connectivity index (χ0) is 13.7. The van der Waals surface area contributed by atoms with Crippen molar-refractivity contribution in [2.24, 2.45) is 5.92 Å². The zero-order valence-corrected chi connectivity index (χ0v) is 11.5. The van der Waals surface area contributed by atoms with Crippen LogP contribution in [-0.4, -0.2) is 23.4 Å². The highest BCUT2D eigenvalue weighted by atomic mass is 32.2. The highest BCUT2D eigenvalue weighted by Crippen LogP contribution is 2.28. The van der Waals surface area contributed by atoms with Crippen LogP contribution in [0.4, 0.5) is 4.39 Å². The fourth-order valence-corrected chi connectivity index (χ4v) is 2.66. The average molecular weight is 272 g/mol. The van der Waals surface area contributed by atoms with E-state index in [0.717, 1.165) is 0 Å². The topological polar surface area (TPSA) is 46.5 Å². The maximum absolute atomic E-state index is 13.8. The molecule has 0 bridgehead atoms. The van der Waals surface area contributed by atoms with E-state index in [-0.39, 0.29) is 11.7 Å². The molecule has 1 aromatic carbocycles. The molecule has 0 heterocycles. The minimum atomic E-state index is -0.863. The van der Waals surface area contributed by atoms with Crippen molar-refractivity contribution in [2.45, 2.75) is 24.9 Å². The first-order valence-corrected chi connectivity index (χ1v) is 6.68. The molecule has 0 spiro atoms. The normalized spacial score (nSPS) is 12.5. The van der Waals surface area contributed by atoms with Gasteiger partial charge >= 0.3 is 5.97 Å². The summed E-state index contributed by atoms with van der Waals surface area (Å²) in [4.78, 5) is 11.0. The Balaban J connectivity index is 2.76. The molecule has 0 saturated carbocycles. The first-order valence-electron chi connectivity index (χ1n) is 5.63. The van der Waals surface area contributed by atoms with Crippen molar-refractivity contribution in [3.8, 4) is 5.75 Å². The molecule has 0 aliphatic carbocycles. The second-order valence-electron chi connectivity index (χ2n) is 4.25. The number of halogens is 1. The molecule has 1 aromatic rings. The average Bonchev–Trinajstić information content (AvgIpc) is 2.30. The van der Waals surface area contributed by atoms with Crippen LogP contribution in [0.25, 0.3) is 0 Å². The van der Waals surface area contributed by atoms with Gasteiger partial charge in [-0.1, -0.05) is 26.0 Å². The van der Waals surface area contributed by atoms with Crippen LogP contribution >= 0.6 is 11.8 Å². The number of aliphatic carboxylic acids is 1. The van der Waals surface area contributed by atoms with Crippen molar-refractivity contribution in [3.63, 3.8) is 0 Å². The Morgan fingerprint density at radius 1 is 1.50 bits per heavy atom. The molecule has 5 heteroatoms. The van der Waals surface area contributed by atoms with E-state index in [1.54, 1.807) is 18.2 Å². The minimum Gasteiger partial charge on any atom is -0.494 e. The predicted molar refractivity (Wildman–Crippen MR) is 70.5 cm³/mol. The van der Waals surface area contributed by atoms with Gasteiger partial charge in [-0.25, -0.2) is 4.39 Å². The second-order valence-corrected chi connectivity index (χ2v) is 5.38. The van der Waals surface area contributed by atoms with Gasteiger partial charge in [-0.3, -0.25) is 4.79 Å². The summed E-state index contributed by atoms with van der Waals surface area (Å²) in [7, 11) is 1.41. The number of methoxy groups -OCH3 is 1. The van der Waals surface area contributed by atoms with Gasteiger partial charge in [0.05, 0.1) is 7.11 Å². The number of carbonyl (C=O) groups is 1. The number of thioether (sulfide) groups is 1. The number of hydrogen-bond acceptors (Lipinski definition) is 3. The Bertz CT molecular complexity index is 421. The van der Waals surface area contributed by atoms with Gasteiger partial charge in [0.1, 0.15) is 5.25 Å². The van der Waals surface area contributed by atoms with E-state index in [9.17, 15) is 9.18 Å². The van der Waals surface area contributed by atoms with Crippen molar-refractivity contribution in [2.75, 3.05) is 7.11 Å².